The molecular weight excluding hydrogens is 242 g/mol. The van der Waals surface area contributed by atoms with Gasteiger partial charge in [0.15, 0.2) is 0 Å². The minimum absolute atomic E-state index is 0.192. The largest absolute Gasteiger partial charge is 0.315 e. The van der Waals surface area contributed by atoms with E-state index >= 15 is 0 Å². The summed E-state index contributed by atoms with van der Waals surface area (Å²) in [6, 6.07) is 8.23. The molecule has 18 heavy (non-hydrogen) atoms. The molecule has 1 aliphatic carbocycles. The molecule has 0 bridgehead atoms. The second-order valence-corrected chi connectivity index (χ2v) is 5.62. The van der Waals surface area contributed by atoms with Gasteiger partial charge >= 0.3 is 0 Å². The summed E-state index contributed by atoms with van der Waals surface area (Å²) in [6.45, 7) is 2.13. The summed E-state index contributed by atoms with van der Waals surface area (Å²) < 4.78 is 0. The molecule has 0 radical (unpaired) electrons. The van der Waals surface area contributed by atoms with Gasteiger partial charge in [0.05, 0.1) is 0 Å². The van der Waals surface area contributed by atoms with Gasteiger partial charge in [0.2, 0.25) is 5.91 Å². The van der Waals surface area contributed by atoms with Gasteiger partial charge in [0, 0.05) is 19.2 Å². The second-order valence-electron chi connectivity index (χ2n) is 5.31. The predicted octanol–water partition coefficient (Wildman–Crippen LogP) is 3.31. The van der Waals surface area contributed by atoms with Gasteiger partial charge in [-0.3, -0.25) is 4.79 Å². The van der Waals surface area contributed by atoms with Crippen LogP contribution in [-0.2, 0) is 11.2 Å². The summed E-state index contributed by atoms with van der Waals surface area (Å²) in [6.07, 6.45) is 3.94. The Bertz CT molecular complexity index is 423. The average Bonchev–Trinajstić information content (AvgIpc) is 3.18. The molecule has 2 nitrogen and oxygen atoms in total. The van der Waals surface area contributed by atoms with Gasteiger partial charge in [-0.2, -0.15) is 12.6 Å². The van der Waals surface area contributed by atoms with Crippen LogP contribution in [0.25, 0.3) is 0 Å². The molecule has 1 aromatic rings. The van der Waals surface area contributed by atoms with Gasteiger partial charge in [0.25, 0.3) is 0 Å². The molecule has 2 rings (SSSR count). The molecular formula is C15H21NOS. The SMILES string of the molecule is CCc1ccc(N(C)C(=O)CC2(CS)CC2)cc1. The Kier molecular flexibility index (Phi) is 4.00. The summed E-state index contributed by atoms with van der Waals surface area (Å²) in [5.74, 6) is 1.02. The van der Waals surface area contributed by atoms with Crippen molar-refractivity contribution >= 4 is 24.2 Å². The summed E-state index contributed by atoms with van der Waals surface area (Å²) in [7, 11) is 1.86. The van der Waals surface area contributed by atoms with Crippen molar-refractivity contribution < 1.29 is 4.79 Å². The first-order valence-corrected chi connectivity index (χ1v) is 7.20. The van der Waals surface area contributed by atoms with Crippen molar-refractivity contribution in [3.05, 3.63) is 29.8 Å². The monoisotopic (exact) mass is 263 g/mol. The zero-order valence-corrected chi connectivity index (χ0v) is 12.0. The van der Waals surface area contributed by atoms with Crippen molar-refractivity contribution in [2.24, 2.45) is 5.41 Å². The molecule has 3 heteroatoms. The van der Waals surface area contributed by atoms with Crippen LogP contribution in [0.4, 0.5) is 5.69 Å². The van der Waals surface area contributed by atoms with Gasteiger partial charge < -0.3 is 4.90 Å². The number of carbonyl (C=O) groups is 1. The summed E-state index contributed by atoms with van der Waals surface area (Å²) in [5, 5.41) is 0. The van der Waals surface area contributed by atoms with Crippen LogP contribution in [0.3, 0.4) is 0 Å². The molecule has 0 aliphatic heterocycles. The lowest BCUT2D eigenvalue weighted by Crippen LogP contribution is -2.29. The molecule has 1 amide bonds. The Morgan fingerprint density at radius 3 is 2.39 bits per heavy atom. The fourth-order valence-electron chi connectivity index (χ4n) is 2.11. The molecule has 1 fully saturated rings. The zero-order valence-electron chi connectivity index (χ0n) is 11.1. The van der Waals surface area contributed by atoms with Gasteiger partial charge in [-0.15, -0.1) is 0 Å². The Labute approximate surface area is 115 Å². The lowest BCUT2D eigenvalue weighted by Gasteiger charge is -2.20. The van der Waals surface area contributed by atoms with Crippen LogP contribution in [0.5, 0.6) is 0 Å². The maximum absolute atomic E-state index is 12.2. The van der Waals surface area contributed by atoms with E-state index in [2.05, 4.69) is 31.7 Å². The highest BCUT2D eigenvalue weighted by Crippen LogP contribution is 2.49. The number of rotatable bonds is 5. The van der Waals surface area contributed by atoms with Gasteiger partial charge in [0.1, 0.15) is 0 Å². The minimum atomic E-state index is 0.192. The lowest BCUT2D eigenvalue weighted by molar-refractivity contribution is -0.119. The number of thiol groups is 1. The van der Waals surface area contributed by atoms with Crippen LogP contribution in [0.1, 0.15) is 31.7 Å². The van der Waals surface area contributed by atoms with Crippen molar-refractivity contribution in [1.82, 2.24) is 0 Å². The lowest BCUT2D eigenvalue weighted by atomic mass is 10.0. The first-order chi connectivity index (χ1) is 8.60. The van der Waals surface area contributed by atoms with E-state index in [9.17, 15) is 4.79 Å². The van der Waals surface area contributed by atoms with E-state index in [1.165, 1.54) is 5.56 Å². The number of nitrogens with zero attached hydrogens (tertiary/aromatic N) is 1. The molecule has 0 atom stereocenters. The van der Waals surface area contributed by atoms with Crippen LogP contribution in [0.15, 0.2) is 24.3 Å². The highest BCUT2D eigenvalue weighted by molar-refractivity contribution is 7.80. The Morgan fingerprint density at radius 1 is 1.33 bits per heavy atom. The van der Waals surface area contributed by atoms with E-state index in [1.807, 2.05) is 19.2 Å². The third-order valence-corrected chi connectivity index (χ3v) is 4.60. The van der Waals surface area contributed by atoms with Crippen molar-refractivity contribution in [2.45, 2.75) is 32.6 Å². The predicted molar refractivity (Wildman–Crippen MR) is 79.4 cm³/mol. The fraction of sp³-hybridized carbons (Fsp3) is 0.533. The standard InChI is InChI=1S/C15H21NOS/c1-3-12-4-6-13(7-5-12)16(2)14(17)10-15(11-18)8-9-15/h4-7,18H,3,8-11H2,1-2H3. The number of aryl methyl sites for hydroxylation is 1. The molecule has 0 saturated heterocycles. The molecule has 0 aromatic heterocycles. The van der Waals surface area contributed by atoms with Crippen molar-refractivity contribution in [1.29, 1.82) is 0 Å². The van der Waals surface area contributed by atoms with Gasteiger partial charge in [-0.25, -0.2) is 0 Å². The number of carbonyl (C=O) groups excluding carboxylic acids is 1. The normalized spacial score (nSPS) is 16.4. The van der Waals surface area contributed by atoms with Crippen LogP contribution >= 0.6 is 12.6 Å². The topological polar surface area (TPSA) is 20.3 Å². The van der Waals surface area contributed by atoms with Crippen molar-refractivity contribution in [2.75, 3.05) is 17.7 Å². The molecule has 1 aliphatic rings. The highest BCUT2D eigenvalue weighted by Gasteiger charge is 2.43. The summed E-state index contributed by atoms with van der Waals surface area (Å²) >= 11 is 4.35. The highest BCUT2D eigenvalue weighted by atomic mass is 32.1. The van der Waals surface area contributed by atoms with Gasteiger partial charge in [-0.05, 0) is 48.1 Å². The second kappa shape index (κ2) is 5.35. The van der Waals surface area contributed by atoms with Crippen LogP contribution in [-0.4, -0.2) is 18.7 Å². The third kappa shape index (κ3) is 2.89. The van der Waals surface area contributed by atoms with E-state index in [1.54, 1.807) is 4.90 Å². The maximum atomic E-state index is 12.2. The smallest absolute Gasteiger partial charge is 0.227 e. The van der Waals surface area contributed by atoms with Crippen molar-refractivity contribution in [3.8, 4) is 0 Å². The minimum Gasteiger partial charge on any atom is -0.315 e. The molecule has 0 heterocycles. The molecule has 1 saturated carbocycles. The van der Waals surface area contributed by atoms with E-state index < -0.39 is 0 Å². The summed E-state index contributed by atoms with van der Waals surface area (Å²) in [4.78, 5) is 14.0. The van der Waals surface area contributed by atoms with Crippen molar-refractivity contribution in [3.63, 3.8) is 0 Å². The van der Waals surface area contributed by atoms with E-state index in [-0.39, 0.29) is 11.3 Å². The molecule has 0 unspecified atom stereocenters. The molecule has 0 N–H and O–H groups in total. The number of amides is 1. The first-order valence-electron chi connectivity index (χ1n) is 6.56. The quantitative estimate of drug-likeness (QED) is 0.808. The fourth-order valence-corrected chi connectivity index (χ4v) is 2.53. The third-order valence-electron chi connectivity index (χ3n) is 3.92. The Morgan fingerprint density at radius 2 is 1.94 bits per heavy atom. The molecule has 98 valence electrons. The average molecular weight is 263 g/mol. The number of anilines is 1. The number of hydrogen-bond acceptors (Lipinski definition) is 2. The summed E-state index contributed by atoms with van der Waals surface area (Å²) in [5.41, 5.74) is 2.47. The van der Waals surface area contributed by atoms with Crippen LogP contribution in [0, 0.1) is 5.41 Å². The van der Waals surface area contributed by atoms with E-state index in [4.69, 9.17) is 0 Å². The number of hydrogen-bond donors (Lipinski definition) is 1. The number of benzene rings is 1. The van der Waals surface area contributed by atoms with Crippen LogP contribution < -0.4 is 4.90 Å². The Hall–Kier alpha value is -0.960. The first kappa shape index (κ1) is 13.5. The van der Waals surface area contributed by atoms with Gasteiger partial charge in [-0.1, -0.05) is 19.1 Å². The zero-order chi connectivity index (χ0) is 13.2. The molecule has 1 aromatic carbocycles. The maximum Gasteiger partial charge on any atom is 0.227 e. The van der Waals surface area contributed by atoms with E-state index in [0.717, 1.165) is 30.7 Å². The Balaban J connectivity index is 2.01. The molecule has 0 spiro atoms. The van der Waals surface area contributed by atoms with E-state index in [0.29, 0.717) is 6.42 Å². The van der Waals surface area contributed by atoms with Crippen LogP contribution in [0.2, 0.25) is 0 Å².